The van der Waals surface area contributed by atoms with Crippen molar-refractivity contribution >= 4 is 43.3 Å². The molecule has 2 rings (SSSR count). The monoisotopic (exact) mass is 341 g/mol. The standard InChI is InChI=1S/C14H16BrNO2S/c1-4-18-13(17)14(2,3)6-9-5-10-11(15)7-16-8-12(10)19-9/h5,7-8H,4,6H2,1-3H3. The van der Waals surface area contributed by atoms with Crippen LogP contribution in [0.1, 0.15) is 25.6 Å². The van der Waals surface area contributed by atoms with Gasteiger partial charge in [0.2, 0.25) is 0 Å². The van der Waals surface area contributed by atoms with Crippen LogP contribution in [0.25, 0.3) is 10.1 Å². The fourth-order valence-corrected chi connectivity index (χ4v) is 3.76. The molecule has 0 radical (unpaired) electrons. The summed E-state index contributed by atoms with van der Waals surface area (Å²) in [6.07, 6.45) is 4.32. The van der Waals surface area contributed by atoms with E-state index in [4.69, 9.17) is 4.74 Å². The first-order valence-electron chi connectivity index (χ1n) is 6.13. The third kappa shape index (κ3) is 3.15. The molecule has 0 bridgehead atoms. The number of thiophene rings is 1. The predicted octanol–water partition coefficient (Wildman–Crippen LogP) is 4.19. The molecule has 0 aliphatic carbocycles. The molecule has 0 aromatic carbocycles. The minimum atomic E-state index is -0.503. The highest BCUT2D eigenvalue weighted by molar-refractivity contribution is 9.10. The van der Waals surface area contributed by atoms with Crippen molar-refractivity contribution < 1.29 is 9.53 Å². The second kappa shape index (κ2) is 5.59. The van der Waals surface area contributed by atoms with Crippen LogP contribution < -0.4 is 0 Å². The van der Waals surface area contributed by atoms with Crippen molar-refractivity contribution in [2.45, 2.75) is 27.2 Å². The van der Waals surface area contributed by atoms with Crippen molar-refractivity contribution in [3.8, 4) is 0 Å². The van der Waals surface area contributed by atoms with Gasteiger partial charge in [-0.25, -0.2) is 0 Å². The number of fused-ring (bicyclic) bond motifs is 1. The molecule has 0 unspecified atom stereocenters. The third-order valence-corrected chi connectivity index (χ3v) is 4.59. The lowest BCUT2D eigenvalue weighted by molar-refractivity contribution is -0.153. The number of hydrogen-bond acceptors (Lipinski definition) is 4. The fourth-order valence-electron chi connectivity index (χ4n) is 1.90. The molecule has 2 aromatic rings. The molecule has 2 aromatic heterocycles. The van der Waals surface area contributed by atoms with Crippen LogP contribution in [0.15, 0.2) is 22.9 Å². The van der Waals surface area contributed by atoms with Crippen molar-refractivity contribution in [3.63, 3.8) is 0 Å². The molecule has 0 saturated carbocycles. The topological polar surface area (TPSA) is 39.2 Å². The maximum Gasteiger partial charge on any atom is 0.311 e. The number of carbonyl (C=O) groups excluding carboxylic acids is 1. The molecule has 3 nitrogen and oxygen atoms in total. The lowest BCUT2D eigenvalue weighted by Crippen LogP contribution is -2.28. The van der Waals surface area contributed by atoms with E-state index in [1.54, 1.807) is 17.5 Å². The Morgan fingerprint density at radius 1 is 1.47 bits per heavy atom. The van der Waals surface area contributed by atoms with Gasteiger partial charge in [-0.05, 0) is 49.2 Å². The number of carbonyl (C=O) groups is 1. The second-order valence-corrected chi connectivity index (χ2v) is 7.05. The molecule has 0 saturated heterocycles. The Balaban J connectivity index is 2.26. The Bertz CT molecular complexity index is 607. The minimum Gasteiger partial charge on any atom is -0.466 e. The lowest BCUT2D eigenvalue weighted by atomic mass is 9.89. The number of hydrogen-bond donors (Lipinski definition) is 0. The number of esters is 1. The van der Waals surface area contributed by atoms with Gasteiger partial charge >= 0.3 is 5.97 Å². The zero-order chi connectivity index (χ0) is 14.0. The van der Waals surface area contributed by atoms with Crippen LogP contribution in [0.4, 0.5) is 0 Å². The Labute approximate surface area is 125 Å². The van der Waals surface area contributed by atoms with Gasteiger partial charge in [0.15, 0.2) is 0 Å². The van der Waals surface area contributed by atoms with Gasteiger partial charge in [-0.3, -0.25) is 9.78 Å². The van der Waals surface area contributed by atoms with Crippen molar-refractivity contribution in [1.82, 2.24) is 4.98 Å². The minimum absolute atomic E-state index is 0.148. The molecule has 0 atom stereocenters. The quantitative estimate of drug-likeness (QED) is 0.782. The van der Waals surface area contributed by atoms with E-state index < -0.39 is 5.41 Å². The first-order valence-corrected chi connectivity index (χ1v) is 7.74. The van der Waals surface area contributed by atoms with Crippen LogP contribution in [-0.4, -0.2) is 17.6 Å². The van der Waals surface area contributed by atoms with Crippen molar-refractivity contribution in [2.24, 2.45) is 5.41 Å². The first kappa shape index (κ1) is 14.5. The summed E-state index contributed by atoms with van der Waals surface area (Å²) < 4.78 is 7.24. The summed E-state index contributed by atoms with van der Waals surface area (Å²) in [6.45, 7) is 6.09. The molecule has 0 N–H and O–H groups in total. The molecule has 0 aliphatic rings. The SMILES string of the molecule is CCOC(=O)C(C)(C)Cc1cc2c(Br)cncc2s1. The Hall–Kier alpha value is -0.940. The summed E-state index contributed by atoms with van der Waals surface area (Å²) in [5.41, 5.74) is -0.503. The van der Waals surface area contributed by atoms with Crippen molar-refractivity contribution in [2.75, 3.05) is 6.61 Å². The maximum absolute atomic E-state index is 11.9. The summed E-state index contributed by atoms with van der Waals surface area (Å²) in [6, 6.07) is 2.12. The number of ether oxygens (including phenoxy) is 1. The van der Waals surface area contributed by atoms with E-state index in [1.165, 1.54) is 4.88 Å². The largest absolute Gasteiger partial charge is 0.466 e. The van der Waals surface area contributed by atoms with Gasteiger partial charge in [0.1, 0.15) is 0 Å². The van der Waals surface area contributed by atoms with Crippen LogP contribution >= 0.6 is 27.3 Å². The van der Waals surface area contributed by atoms with Gasteiger partial charge in [0, 0.05) is 27.1 Å². The number of halogens is 1. The molecule has 102 valence electrons. The Morgan fingerprint density at radius 2 is 2.21 bits per heavy atom. The van der Waals surface area contributed by atoms with E-state index in [0.29, 0.717) is 13.0 Å². The lowest BCUT2D eigenvalue weighted by Gasteiger charge is -2.21. The molecule has 19 heavy (non-hydrogen) atoms. The first-order chi connectivity index (χ1) is 8.94. The van der Waals surface area contributed by atoms with E-state index in [1.807, 2.05) is 27.0 Å². The van der Waals surface area contributed by atoms with Gasteiger partial charge < -0.3 is 4.74 Å². The third-order valence-electron chi connectivity index (χ3n) is 2.89. The predicted molar refractivity (Wildman–Crippen MR) is 81.4 cm³/mol. The normalized spacial score (nSPS) is 11.8. The van der Waals surface area contributed by atoms with Crippen LogP contribution in [0.3, 0.4) is 0 Å². The van der Waals surface area contributed by atoms with Gasteiger partial charge in [0.25, 0.3) is 0 Å². The molecule has 0 aliphatic heterocycles. The molecule has 0 fully saturated rings. The van der Waals surface area contributed by atoms with E-state index in [0.717, 1.165) is 14.6 Å². The summed E-state index contributed by atoms with van der Waals surface area (Å²) >= 11 is 5.17. The van der Waals surface area contributed by atoms with Crippen molar-refractivity contribution in [1.29, 1.82) is 0 Å². The van der Waals surface area contributed by atoms with Crippen LogP contribution in [0.2, 0.25) is 0 Å². The van der Waals surface area contributed by atoms with E-state index in [2.05, 4.69) is 27.0 Å². The van der Waals surface area contributed by atoms with Crippen LogP contribution in [0.5, 0.6) is 0 Å². The molecular weight excluding hydrogens is 326 g/mol. The summed E-state index contributed by atoms with van der Waals surface area (Å²) in [5.74, 6) is -0.148. The molecular formula is C14H16BrNO2S. The van der Waals surface area contributed by atoms with Gasteiger partial charge in [-0.15, -0.1) is 11.3 Å². The fraction of sp³-hybridized carbons (Fsp3) is 0.429. The number of pyridine rings is 1. The Kier molecular flexibility index (Phi) is 4.26. The zero-order valence-corrected chi connectivity index (χ0v) is 13.6. The highest BCUT2D eigenvalue weighted by atomic mass is 79.9. The smallest absolute Gasteiger partial charge is 0.311 e. The van der Waals surface area contributed by atoms with Crippen LogP contribution in [0, 0.1) is 5.41 Å². The van der Waals surface area contributed by atoms with Gasteiger partial charge in [-0.2, -0.15) is 0 Å². The van der Waals surface area contributed by atoms with E-state index in [-0.39, 0.29) is 5.97 Å². The Morgan fingerprint density at radius 3 is 2.84 bits per heavy atom. The number of nitrogens with zero attached hydrogens (tertiary/aromatic N) is 1. The van der Waals surface area contributed by atoms with E-state index in [9.17, 15) is 4.79 Å². The van der Waals surface area contributed by atoms with Gasteiger partial charge in [0.05, 0.1) is 16.7 Å². The summed E-state index contributed by atoms with van der Waals surface area (Å²) in [4.78, 5) is 17.2. The van der Waals surface area contributed by atoms with Gasteiger partial charge in [-0.1, -0.05) is 0 Å². The molecule has 5 heteroatoms. The van der Waals surface area contributed by atoms with Crippen LogP contribution in [-0.2, 0) is 16.0 Å². The molecule has 0 amide bonds. The maximum atomic E-state index is 11.9. The average Bonchev–Trinajstić information content (AvgIpc) is 2.72. The highest BCUT2D eigenvalue weighted by Gasteiger charge is 2.30. The molecule has 0 spiro atoms. The zero-order valence-electron chi connectivity index (χ0n) is 11.2. The highest BCUT2D eigenvalue weighted by Crippen LogP contribution is 2.34. The summed E-state index contributed by atoms with van der Waals surface area (Å²) in [5, 5.41) is 1.15. The second-order valence-electron chi connectivity index (χ2n) is 5.03. The average molecular weight is 342 g/mol. The molecule has 2 heterocycles. The number of aromatic nitrogens is 1. The number of rotatable bonds is 4. The van der Waals surface area contributed by atoms with Crippen molar-refractivity contribution in [3.05, 3.63) is 27.8 Å². The van der Waals surface area contributed by atoms with E-state index >= 15 is 0 Å². The summed E-state index contributed by atoms with van der Waals surface area (Å²) in [7, 11) is 0.